The second-order valence-electron chi connectivity index (χ2n) is 7.65. The standard InChI is InChI=1S/C26H23N3O4/c1-17-6-3-10-21(12-17)27-24(30)16-29-25(31)23(28-26(29)32)14-18-7-4-8-19(13-18)20-9-5-11-22(15-20)33-2/h3-15H,16H2,1-2H3,(H,27,30)(H,28,32). The third kappa shape index (κ3) is 5.10. The Morgan fingerprint density at radius 2 is 1.73 bits per heavy atom. The Hall–Kier alpha value is -4.39. The summed E-state index contributed by atoms with van der Waals surface area (Å²) in [6.07, 6.45) is 1.60. The molecule has 1 aliphatic heterocycles. The number of nitrogens with one attached hydrogen (secondary N) is 2. The van der Waals surface area contributed by atoms with Crippen LogP contribution in [0.4, 0.5) is 10.5 Å². The molecule has 1 saturated heterocycles. The number of benzene rings is 3. The lowest BCUT2D eigenvalue weighted by atomic mass is 10.0. The SMILES string of the molecule is COc1cccc(-c2cccc(C=C3NC(=O)N(CC(=O)Nc4cccc(C)c4)C3=O)c2)c1. The highest BCUT2D eigenvalue weighted by molar-refractivity contribution is 6.16. The Labute approximate surface area is 191 Å². The maximum atomic E-state index is 12.8. The lowest BCUT2D eigenvalue weighted by Gasteiger charge is -2.12. The molecule has 1 heterocycles. The zero-order valence-corrected chi connectivity index (χ0v) is 18.3. The molecule has 33 heavy (non-hydrogen) atoms. The molecule has 0 aromatic heterocycles. The average molecular weight is 441 g/mol. The van der Waals surface area contributed by atoms with E-state index in [2.05, 4.69) is 10.6 Å². The fourth-order valence-corrected chi connectivity index (χ4v) is 3.56. The molecule has 3 aromatic carbocycles. The van der Waals surface area contributed by atoms with Crippen molar-refractivity contribution in [3.8, 4) is 16.9 Å². The van der Waals surface area contributed by atoms with Gasteiger partial charge in [0, 0.05) is 5.69 Å². The van der Waals surface area contributed by atoms with Crippen molar-refractivity contribution >= 4 is 29.6 Å². The van der Waals surface area contributed by atoms with Crippen LogP contribution in [0.5, 0.6) is 5.75 Å². The molecule has 4 rings (SSSR count). The van der Waals surface area contributed by atoms with E-state index in [0.29, 0.717) is 5.69 Å². The summed E-state index contributed by atoms with van der Waals surface area (Å²) in [5.74, 6) is -0.259. The third-order valence-electron chi connectivity index (χ3n) is 5.17. The van der Waals surface area contributed by atoms with Gasteiger partial charge >= 0.3 is 6.03 Å². The van der Waals surface area contributed by atoms with Gasteiger partial charge in [0.05, 0.1) is 7.11 Å². The Morgan fingerprint density at radius 3 is 2.48 bits per heavy atom. The number of rotatable bonds is 6. The van der Waals surface area contributed by atoms with Crippen molar-refractivity contribution < 1.29 is 19.1 Å². The van der Waals surface area contributed by atoms with E-state index in [9.17, 15) is 14.4 Å². The summed E-state index contributed by atoms with van der Waals surface area (Å²) in [4.78, 5) is 38.4. The summed E-state index contributed by atoms with van der Waals surface area (Å²) in [5.41, 5.74) is 4.36. The summed E-state index contributed by atoms with van der Waals surface area (Å²) < 4.78 is 5.28. The number of nitrogens with zero attached hydrogens (tertiary/aromatic N) is 1. The van der Waals surface area contributed by atoms with Gasteiger partial charge in [-0.25, -0.2) is 9.69 Å². The molecule has 0 radical (unpaired) electrons. The molecule has 0 aliphatic carbocycles. The number of anilines is 1. The first-order chi connectivity index (χ1) is 15.9. The van der Waals surface area contributed by atoms with Gasteiger partial charge in [-0.15, -0.1) is 0 Å². The predicted molar refractivity (Wildman–Crippen MR) is 126 cm³/mol. The maximum Gasteiger partial charge on any atom is 0.329 e. The molecule has 0 atom stereocenters. The molecule has 1 fully saturated rings. The van der Waals surface area contributed by atoms with Gasteiger partial charge < -0.3 is 15.4 Å². The molecule has 0 unspecified atom stereocenters. The van der Waals surface area contributed by atoms with E-state index in [4.69, 9.17) is 4.74 Å². The second-order valence-corrected chi connectivity index (χ2v) is 7.65. The molecule has 0 spiro atoms. The first kappa shape index (κ1) is 21.8. The molecule has 1 aliphatic rings. The van der Waals surface area contributed by atoms with Crippen LogP contribution in [-0.2, 0) is 9.59 Å². The van der Waals surface area contributed by atoms with Crippen molar-refractivity contribution in [1.29, 1.82) is 0 Å². The number of methoxy groups -OCH3 is 1. The highest BCUT2D eigenvalue weighted by Gasteiger charge is 2.34. The van der Waals surface area contributed by atoms with E-state index in [1.54, 1.807) is 19.3 Å². The number of hydrogen-bond donors (Lipinski definition) is 2. The molecular weight excluding hydrogens is 418 g/mol. The van der Waals surface area contributed by atoms with Gasteiger partial charge in [0.1, 0.15) is 18.0 Å². The largest absolute Gasteiger partial charge is 0.497 e. The van der Waals surface area contributed by atoms with Gasteiger partial charge in [0.25, 0.3) is 5.91 Å². The molecular formula is C26H23N3O4. The first-order valence-electron chi connectivity index (χ1n) is 10.4. The van der Waals surface area contributed by atoms with E-state index in [0.717, 1.165) is 32.9 Å². The number of urea groups is 1. The minimum absolute atomic E-state index is 0.117. The van der Waals surface area contributed by atoms with Crippen molar-refractivity contribution in [3.63, 3.8) is 0 Å². The molecule has 2 N–H and O–H groups in total. The number of carbonyl (C=O) groups is 3. The Bertz CT molecular complexity index is 1270. The predicted octanol–water partition coefficient (Wildman–Crippen LogP) is 4.20. The summed E-state index contributed by atoms with van der Waals surface area (Å²) >= 11 is 0. The molecule has 7 heteroatoms. The summed E-state index contributed by atoms with van der Waals surface area (Å²) in [6, 6.07) is 21.9. The number of hydrogen-bond acceptors (Lipinski definition) is 4. The molecule has 4 amide bonds. The highest BCUT2D eigenvalue weighted by atomic mass is 16.5. The van der Waals surface area contributed by atoms with Crippen LogP contribution in [0.15, 0.2) is 78.5 Å². The zero-order chi connectivity index (χ0) is 23.4. The minimum Gasteiger partial charge on any atom is -0.497 e. The third-order valence-corrected chi connectivity index (χ3v) is 5.17. The first-order valence-corrected chi connectivity index (χ1v) is 10.4. The Morgan fingerprint density at radius 1 is 1.00 bits per heavy atom. The summed E-state index contributed by atoms with van der Waals surface area (Å²) in [7, 11) is 1.61. The van der Waals surface area contributed by atoms with Crippen LogP contribution in [0.2, 0.25) is 0 Å². The topological polar surface area (TPSA) is 87.7 Å². The van der Waals surface area contributed by atoms with Crippen LogP contribution in [0.25, 0.3) is 17.2 Å². The molecule has 166 valence electrons. The lowest BCUT2D eigenvalue weighted by molar-refractivity contribution is -0.127. The number of amides is 4. The average Bonchev–Trinajstić information content (AvgIpc) is 3.06. The fourth-order valence-electron chi connectivity index (χ4n) is 3.56. The fraction of sp³-hybridized carbons (Fsp3) is 0.115. The van der Waals surface area contributed by atoms with Gasteiger partial charge in [0.15, 0.2) is 0 Å². The smallest absolute Gasteiger partial charge is 0.329 e. The van der Waals surface area contributed by atoms with Crippen molar-refractivity contribution in [1.82, 2.24) is 10.2 Å². The van der Waals surface area contributed by atoms with Crippen LogP contribution in [0.3, 0.4) is 0 Å². The Balaban J connectivity index is 1.49. The highest BCUT2D eigenvalue weighted by Crippen LogP contribution is 2.25. The zero-order valence-electron chi connectivity index (χ0n) is 18.3. The lowest BCUT2D eigenvalue weighted by Crippen LogP contribution is -2.38. The maximum absolute atomic E-state index is 12.8. The van der Waals surface area contributed by atoms with Crippen molar-refractivity contribution in [2.45, 2.75) is 6.92 Å². The number of imide groups is 1. The quantitative estimate of drug-likeness (QED) is 0.443. The van der Waals surface area contributed by atoms with Crippen LogP contribution >= 0.6 is 0 Å². The Kier molecular flexibility index (Phi) is 6.22. The number of ether oxygens (including phenoxy) is 1. The minimum atomic E-state index is -0.630. The molecule has 0 saturated carbocycles. The molecule has 7 nitrogen and oxygen atoms in total. The normalized spacial score (nSPS) is 14.4. The van der Waals surface area contributed by atoms with Gasteiger partial charge in [-0.2, -0.15) is 0 Å². The molecule has 0 bridgehead atoms. The van der Waals surface area contributed by atoms with Crippen LogP contribution in [-0.4, -0.2) is 36.4 Å². The number of aryl methyl sites for hydroxylation is 1. The van der Waals surface area contributed by atoms with Crippen molar-refractivity contribution in [3.05, 3.63) is 89.6 Å². The van der Waals surface area contributed by atoms with Crippen LogP contribution in [0.1, 0.15) is 11.1 Å². The van der Waals surface area contributed by atoms with Gasteiger partial charge in [-0.3, -0.25) is 9.59 Å². The van der Waals surface area contributed by atoms with Crippen molar-refractivity contribution in [2.24, 2.45) is 0 Å². The summed E-state index contributed by atoms with van der Waals surface area (Å²) in [5, 5.41) is 5.26. The van der Waals surface area contributed by atoms with E-state index < -0.39 is 17.8 Å². The van der Waals surface area contributed by atoms with Crippen LogP contribution < -0.4 is 15.4 Å². The second kappa shape index (κ2) is 9.40. The van der Waals surface area contributed by atoms with E-state index >= 15 is 0 Å². The molecule has 3 aromatic rings. The van der Waals surface area contributed by atoms with Gasteiger partial charge in [-0.1, -0.05) is 42.5 Å². The van der Waals surface area contributed by atoms with Gasteiger partial charge in [0.2, 0.25) is 5.91 Å². The van der Waals surface area contributed by atoms with E-state index in [-0.39, 0.29) is 12.2 Å². The van der Waals surface area contributed by atoms with Crippen molar-refractivity contribution in [2.75, 3.05) is 19.0 Å². The van der Waals surface area contributed by atoms with Gasteiger partial charge in [-0.05, 0) is 65.6 Å². The summed E-state index contributed by atoms with van der Waals surface area (Å²) in [6.45, 7) is 1.53. The van der Waals surface area contributed by atoms with E-state index in [1.807, 2.05) is 73.7 Å². The van der Waals surface area contributed by atoms with E-state index in [1.165, 1.54) is 0 Å². The number of carbonyl (C=O) groups excluding carboxylic acids is 3. The van der Waals surface area contributed by atoms with Crippen LogP contribution in [0, 0.1) is 6.92 Å². The monoisotopic (exact) mass is 441 g/mol.